The predicted octanol–water partition coefficient (Wildman–Crippen LogP) is -0.287. The lowest BCUT2D eigenvalue weighted by molar-refractivity contribution is 0.0582. The van der Waals surface area contributed by atoms with Crippen molar-refractivity contribution in [3.63, 3.8) is 0 Å². The number of hydrogen-bond acceptors (Lipinski definition) is 3. The molecule has 0 aliphatic heterocycles. The Morgan fingerprint density at radius 1 is 1.33 bits per heavy atom. The number of rotatable bonds is 1. The van der Waals surface area contributed by atoms with Crippen LogP contribution in [-0.2, 0) is 0 Å². The van der Waals surface area contributed by atoms with E-state index in [9.17, 15) is 0 Å². The van der Waals surface area contributed by atoms with Crippen LogP contribution in [0.15, 0.2) is 0 Å². The van der Waals surface area contributed by atoms with Crippen LogP contribution in [0.25, 0.3) is 0 Å². The highest BCUT2D eigenvalue weighted by molar-refractivity contribution is 4.74. The second-order valence-corrected chi connectivity index (χ2v) is 2.44. The predicted molar refractivity (Wildman–Crippen MR) is 38.1 cm³/mol. The van der Waals surface area contributed by atoms with E-state index in [0.717, 1.165) is 7.11 Å². The molecule has 0 aliphatic rings. The van der Waals surface area contributed by atoms with Crippen LogP contribution in [0.1, 0.15) is 20.8 Å². The SMILES string of the molecule is CC(N)C(C)(C)O.CO. The first kappa shape index (κ1) is 11.6. The van der Waals surface area contributed by atoms with E-state index in [2.05, 4.69) is 0 Å². The summed E-state index contributed by atoms with van der Waals surface area (Å²) in [5.74, 6) is 0. The van der Waals surface area contributed by atoms with Crippen molar-refractivity contribution in [1.29, 1.82) is 0 Å². The van der Waals surface area contributed by atoms with Gasteiger partial charge in [-0.2, -0.15) is 0 Å². The molecule has 0 aliphatic carbocycles. The van der Waals surface area contributed by atoms with Crippen molar-refractivity contribution in [3.8, 4) is 0 Å². The highest BCUT2D eigenvalue weighted by atomic mass is 16.3. The fourth-order valence-electron chi connectivity index (χ4n) is 0. The van der Waals surface area contributed by atoms with Gasteiger partial charge in [-0.25, -0.2) is 0 Å². The molecule has 1 atom stereocenters. The zero-order valence-corrected chi connectivity index (χ0v) is 6.55. The van der Waals surface area contributed by atoms with Gasteiger partial charge in [0.1, 0.15) is 0 Å². The van der Waals surface area contributed by atoms with E-state index in [0.29, 0.717) is 0 Å². The van der Waals surface area contributed by atoms with Gasteiger partial charge in [0.2, 0.25) is 0 Å². The Morgan fingerprint density at radius 2 is 1.44 bits per heavy atom. The Hall–Kier alpha value is -0.120. The molecule has 3 heteroatoms. The fourth-order valence-corrected chi connectivity index (χ4v) is 0. The fraction of sp³-hybridized carbons (Fsp3) is 1.00. The molecule has 0 bridgehead atoms. The summed E-state index contributed by atoms with van der Waals surface area (Å²) in [5.41, 5.74) is 4.60. The van der Waals surface area contributed by atoms with E-state index in [1.54, 1.807) is 20.8 Å². The van der Waals surface area contributed by atoms with E-state index in [1.807, 2.05) is 0 Å². The van der Waals surface area contributed by atoms with Crippen LogP contribution >= 0.6 is 0 Å². The molecule has 0 aromatic rings. The molecule has 1 unspecified atom stereocenters. The highest BCUT2D eigenvalue weighted by Gasteiger charge is 2.16. The maximum absolute atomic E-state index is 8.97. The topological polar surface area (TPSA) is 66.5 Å². The summed E-state index contributed by atoms with van der Waals surface area (Å²) in [6.45, 7) is 5.16. The summed E-state index contributed by atoms with van der Waals surface area (Å²) >= 11 is 0. The Balaban J connectivity index is 0. The van der Waals surface area contributed by atoms with E-state index in [1.165, 1.54) is 0 Å². The highest BCUT2D eigenvalue weighted by Crippen LogP contribution is 2.03. The molecule has 0 saturated carbocycles. The summed E-state index contributed by atoms with van der Waals surface area (Å²) in [5, 5.41) is 16.0. The molecule has 0 aromatic heterocycles. The summed E-state index contributed by atoms with van der Waals surface area (Å²) < 4.78 is 0. The van der Waals surface area contributed by atoms with Gasteiger partial charge in [0.15, 0.2) is 0 Å². The Morgan fingerprint density at radius 3 is 1.44 bits per heavy atom. The minimum atomic E-state index is -0.722. The van der Waals surface area contributed by atoms with Crippen molar-refractivity contribution in [3.05, 3.63) is 0 Å². The number of hydrogen-bond donors (Lipinski definition) is 3. The average Bonchev–Trinajstić information content (AvgIpc) is 1.69. The first-order chi connectivity index (χ1) is 3.94. The van der Waals surface area contributed by atoms with Gasteiger partial charge < -0.3 is 15.9 Å². The minimum absolute atomic E-state index is 0.146. The van der Waals surface area contributed by atoms with E-state index in [4.69, 9.17) is 15.9 Å². The van der Waals surface area contributed by atoms with Crippen molar-refractivity contribution in [2.45, 2.75) is 32.4 Å². The van der Waals surface area contributed by atoms with Crippen LogP contribution in [-0.4, -0.2) is 29.0 Å². The molecule has 58 valence electrons. The van der Waals surface area contributed by atoms with Crippen molar-refractivity contribution < 1.29 is 10.2 Å². The lowest BCUT2D eigenvalue weighted by Crippen LogP contribution is -2.40. The minimum Gasteiger partial charge on any atom is -0.400 e. The molecule has 0 rings (SSSR count). The molecule has 0 aromatic carbocycles. The third-order valence-corrected chi connectivity index (χ3v) is 1.11. The van der Waals surface area contributed by atoms with Gasteiger partial charge in [-0.1, -0.05) is 0 Å². The zero-order chi connectivity index (χ0) is 8.08. The van der Waals surface area contributed by atoms with Crippen molar-refractivity contribution in [1.82, 2.24) is 0 Å². The third-order valence-electron chi connectivity index (χ3n) is 1.11. The lowest BCUT2D eigenvalue weighted by atomic mass is 10.0. The van der Waals surface area contributed by atoms with Gasteiger partial charge in [0, 0.05) is 13.2 Å². The molecule has 0 fully saturated rings. The normalized spacial score (nSPS) is 13.7. The second kappa shape index (κ2) is 4.73. The molecule has 9 heavy (non-hydrogen) atoms. The van der Waals surface area contributed by atoms with Crippen LogP contribution in [0.5, 0.6) is 0 Å². The summed E-state index contributed by atoms with van der Waals surface area (Å²) in [6, 6.07) is -0.146. The van der Waals surface area contributed by atoms with Gasteiger partial charge in [-0.15, -0.1) is 0 Å². The smallest absolute Gasteiger partial charge is 0.0739 e. The Bertz CT molecular complexity index is 56.6. The number of aliphatic hydroxyl groups is 2. The van der Waals surface area contributed by atoms with E-state index < -0.39 is 5.60 Å². The van der Waals surface area contributed by atoms with Gasteiger partial charge in [-0.05, 0) is 20.8 Å². The number of nitrogens with two attached hydrogens (primary N) is 1. The molecule has 0 saturated heterocycles. The zero-order valence-electron chi connectivity index (χ0n) is 6.55. The second-order valence-electron chi connectivity index (χ2n) is 2.44. The summed E-state index contributed by atoms with van der Waals surface area (Å²) in [7, 11) is 1.00. The van der Waals surface area contributed by atoms with Gasteiger partial charge >= 0.3 is 0 Å². The van der Waals surface area contributed by atoms with E-state index in [-0.39, 0.29) is 6.04 Å². The van der Waals surface area contributed by atoms with Crippen molar-refractivity contribution in [2.24, 2.45) is 5.73 Å². The van der Waals surface area contributed by atoms with Crippen LogP contribution < -0.4 is 5.73 Å². The maximum Gasteiger partial charge on any atom is 0.0739 e. The summed E-state index contributed by atoms with van der Waals surface area (Å²) in [4.78, 5) is 0. The van der Waals surface area contributed by atoms with Crippen LogP contribution in [0.4, 0.5) is 0 Å². The Kier molecular flexibility index (Phi) is 6.12. The quantitative estimate of drug-likeness (QED) is 0.463. The molecule has 0 heterocycles. The molecule has 0 spiro atoms. The maximum atomic E-state index is 8.97. The van der Waals surface area contributed by atoms with Crippen LogP contribution in [0.3, 0.4) is 0 Å². The van der Waals surface area contributed by atoms with Gasteiger partial charge in [-0.3, -0.25) is 0 Å². The molecule has 4 N–H and O–H groups in total. The Labute approximate surface area is 56.5 Å². The first-order valence-corrected chi connectivity index (χ1v) is 2.87. The van der Waals surface area contributed by atoms with Gasteiger partial charge in [0.25, 0.3) is 0 Å². The van der Waals surface area contributed by atoms with Crippen LogP contribution in [0, 0.1) is 0 Å². The van der Waals surface area contributed by atoms with E-state index >= 15 is 0 Å². The lowest BCUT2D eigenvalue weighted by Gasteiger charge is -2.20. The monoisotopic (exact) mass is 135 g/mol. The molecule has 0 radical (unpaired) electrons. The largest absolute Gasteiger partial charge is 0.400 e. The molecule has 3 nitrogen and oxygen atoms in total. The van der Waals surface area contributed by atoms with Crippen molar-refractivity contribution >= 4 is 0 Å². The molecular formula is C6H17NO2. The first-order valence-electron chi connectivity index (χ1n) is 2.87. The van der Waals surface area contributed by atoms with Crippen LogP contribution in [0.2, 0.25) is 0 Å². The van der Waals surface area contributed by atoms with Crippen molar-refractivity contribution in [2.75, 3.05) is 7.11 Å². The molecular weight excluding hydrogens is 118 g/mol. The third kappa shape index (κ3) is 7.88. The summed E-state index contributed by atoms with van der Waals surface area (Å²) in [6.07, 6.45) is 0. The number of aliphatic hydroxyl groups excluding tert-OH is 1. The van der Waals surface area contributed by atoms with Gasteiger partial charge in [0.05, 0.1) is 5.60 Å². The molecule has 0 amide bonds. The standard InChI is InChI=1S/C5H13NO.CH4O/c1-4(6)5(2,3)7;1-2/h4,7H,6H2,1-3H3;2H,1H3. The average molecular weight is 135 g/mol.